The number of H-pyrrole nitrogens is 1. The summed E-state index contributed by atoms with van der Waals surface area (Å²) in [5, 5.41) is 1.08. The lowest BCUT2D eigenvalue weighted by Gasteiger charge is -2.47. The molecule has 8 heteroatoms. The summed E-state index contributed by atoms with van der Waals surface area (Å²) >= 11 is 0. The van der Waals surface area contributed by atoms with Crippen LogP contribution in [0.5, 0.6) is 11.5 Å². The number of nitrogens with one attached hydrogen (secondary N) is 1. The van der Waals surface area contributed by atoms with Crippen molar-refractivity contribution in [3.8, 4) is 11.5 Å². The summed E-state index contributed by atoms with van der Waals surface area (Å²) in [5.74, 6) is 1.11. The highest BCUT2D eigenvalue weighted by atomic mass is 16.5. The lowest BCUT2D eigenvalue weighted by molar-refractivity contribution is -0.159. The zero-order chi connectivity index (χ0) is 23.8. The number of hydrogen-bond acceptors (Lipinski definition) is 5. The third kappa shape index (κ3) is 3.58. The zero-order valence-electron chi connectivity index (χ0n) is 19.7. The summed E-state index contributed by atoms with van der Waals surface area (Å²) in [4.78, 5) is 33.9. The molecule has 178 valence electrons. The first-order valence-corrected chi connectivity index (χ1v) is 11.6. The van der Waals surface area contributed by atoms with Crippen LogP contribution in [0.2, 0.25) is 0 Å². The van der Waals surface area contributed by atoms with Crippen molar-refractivity contribution in [3.63, 3.8) is 0 Å². The van der Waals surface area contributed by atoms with Gasteiger partial charge < -0.3 is 29.0 Å². The molecule has 1 N–H and O–H groups in total. The van der Waals surface area contributed by atoms with Gasteiger partial charge >= 0.3 is 0 Å². The number of methoxy groups -OCH3 is 2. The number of para-hydroxylation sites is 1. The Morgan fingerprint density at radius 3 is 2.68 bits per heavy atom. The van der Waals surface area contributed by atoms with Crippen molar-refractivity contribution in [3.05, 3.63) is 59.3 Å². The molecule has 2 aromatic carbocycles. The fourth-order valence-corrected chi connectivity index (χ4v) is 5.19. The molecule has 0 bridgehead atoms. The van der Waals surface area contributed by atoms with Crippen LogP contribution < -0.4 is 9.47 Å². The average Bonchev–Trinajstić information content (AvgIpc) is 3.23. The molecule has 0 aliphatic carbocycles. The van der Waals surface area contributed by atoms with E-state index in [0.717, 1.165) is 27.7 Å². The summed E-state index contributed by atoms with van der Waals surface area (Å²) in [5.41, 5.74) is 3.87. The highest BCUT2D eigenvalue weighted by Crippen LogP contribution is 2.44. The first-order valence-electron chi connectivity index (χ1n) is 11.6. The maximum atomic E-state index is 13.5. The minimum absolute atomic E-state index is 0.0406. The molecule has 1 fully saturated rings. The Morgan fingerprint density at radius 2 is 1.91 bits per heavy atom. The predicted octanol–water partition coefficient (Wildman–Crippen LogP) is 2.91. The number of hydrogen-bond donors (Lipinski definition) is 1. The van der Waals surface area contributed by atoms with E-state index in [0.29, 0.717) is 37.7 Å². The van der Waals surface area contributed by atoms with Crippen LogP contribution in [0.1, 0.15) is 29.8 Å². The maximum Gasteiger partial charge on any atom is 0.246 e. The van der Waals surface area contributed by atoms with Crippen LogP contribution in [-0.4, -0.2) is 73.2 Å². The molecule has 0 spiro atoms. The Labute approximate surface area is 198 Å². The normalized spacial score (nSPS) is 19.9. The first-order chi connectivity index (χ1) is 16.6. The number of benzene rings is 2. The second kappa shape index (κ2) is 9.02. The molecule has 5 rings (SSSR count). The minimum atomic E-state index is -0.577. The van der Waals surface area contributed by atoms with E-state index in [9.17, 15) is 9.59 Å². The van der Waals surface area contributed by atoms with Gasteiger partial charge in [-0.1, -0.05) is 24.3 Å². The van der Waals surface area contributed by atoms with Crippen molar-refractivity contribution in [2.75, 3.05) is 40.5 Å². The number of carbonyl (C=O) groups excluding carboxylic acids is 2. The van der Waals surface area contributed by atoms with Crippen molar-refractivity contribution < 1.29 is 23.8 Å². The summed E-state index contributed by atoms with van der Waals surface area (Å²) in [6.07, 6.45) is 0.470. The van der Waals surface area contributed by atoms with E-state index in [1.54, 1.807) is 24.0 Å². The van der Waals surface area contributed by atoms with Gasteiger partial charge in [-0.2, -0.15) is 0 Å². The van der Waals surface area contributed by atoms with Gasteiger partial charge in [-0.25, -0.2) is 0 Å². The van der Waals surface area contributed by atoms with Gasteiger partial charge in [-0.15, -0.1) is 0 Å². The smallest absolute Gasteiger partial charge is 0.246 e. The van der Waals surface area contributed by atoms with Crippen LogP contribution >= 0.6 is 0 Å². The Balaban J connectivity index is 1.65. The number of rotatable bonds is 7. The minimum Gasteiger partial charge on any atom is -0.493 e. The van der Waals surface area contributed by atoms with E-state index < -0.39 is 12.1 Å². The molecule has 3 heterocycles. The van der Waals surface area contributed by atoms with Gasteiger partial charge in [-0.3, -0.25) is 9.59 Å². The lowest BCUT2D eigenvalue weighted by atomic mass is 9.86. The standard InChI is InChI=1S/C26H29N3O5/c1-4-34-21-10-9-16(13-22(21)33-3)25-24-18(17-7-5-6-8-19(17)27-24)14-20-26(31)28(11-12-32-2)15-23(30)29(20)25/h5-10,13,20,25,27H,4,11-12,14-15H2,1-3H3. The number of piperazine rings is 1. The van der Waals surface area contributed by atoms with Crippen molar-refractivity contribution in [1.82, 2.24) is 14.8 Å². The number of amides is 2. The average molecular weight is 464 g/mol. The SMILES string of the molecule is CCOc1ccc(C2c3[nH]c4ccccc4c3CC3C(=O)N(CCOC)CC(=O)N32)cc1OC. The Kier molecular flexibility index (Phi) is 5.91. The predicted molar refractivity (Wildman–Crippen MR) is 127 cm³/mol. The summed E-state index contributed by atoms with van der Waals surface area (Å²) in [6.45, 7) is 3.27. The van der Waals surface area contributed by atoms with Gasteiger partial charge in [0.25, 0.3) is 0 Å². The Bertz CT molecular complexity index is 1240. The van der Waals surface area contributed by atoms with E-state index >= 15 is 0 Å². The topological polar surface area (TPSA) is 84.1 Å². The van der Waals surface area contributed by atoms with E-state index in [-0.39, 0.29) is 18.4 Å². The number of nitrogens with zero attached hydrogens (tertiary/aromatic N) is 2. The van der Waals surface area contributed by atoms with Crippen LogP contribution in [0.25, 0.3) is 10.9 Å². The molecule has 2 amide bonds. The molecule has 8 nitrogen and oxygen atoms in total. The molecular weight excluding hydrogens is 434 g/mol. The molecule has 2 unspecified atom stereocenters. The number of aromatic amines is 1. The second-order valence-electron chi connectivity index (χ2n) is 8.58. The monoisotopic (exact) mass is 463 g/mol. The van der Waals surface area contributed by atoms with Crippen LogP contribution in [0.15, 0.2) is 42.5 Å². The Morgan fingerprint density at radius 1 is 1.09 bits per heavy atom. The van der Waals surface area contributed by atoms with E-state index in [1.165, 1.54) is 0 Å². The summed E-state index contributed by atoms with van der Waals surface area (Å²) in [6, 6.07) is 12.8. The molecule has 2 atom stereocenters. The highest BCUT2D eigenvalue weighted by Gasteiger charge is 2.48. The van der Waals surface area contributed by atoms with E-state index in [2.05, 4.69) is 11.1 Å². The third-order valence-electron chi connectivity index (χ3n) is 6.71. The largest absolute Gasteiger partial charge is 0.493 e. The molecular formula is C26H29N3O5. The van der Waals surface area contributed by atoms with Gasteiger partial charge in [0, 0.05) is 36.7 Å². The quantitative estimate of drug-likeness (QED) is 0.583. The van der Waals surface area contributed by atoms with Gasteiger partial charge in [0.2, 0.25) is 11.8 Å². The van der Waals surface area contributed by atoms with Crippen molar-refractivity contribution in [2.24, 2.45) is 0 Å². The zero-order valence-corrected chi connectivity index (χ0v) is 19.7. The lowest BCUT2D eigenvalue weighted by Crippen LogP contribution is -2.63. The molecule has 2 aliphatic rings. The van der Waals surface area contributed by atoms with Crippen LogP contribution in [0.4, 0.5) is 0 Å². The molecule has 0 radical (unpaired) electrons. The van der Waals surface area contributed by atoms with E-state index in [4.69, 9.17) is 14.2 Å². The third-order valence-corrected chi connectivity index (χ3v) is 6.71. The fraction of sp³-hybridized carbons (Fsp3) is 0.385. The molecule has 34 heavy (non-hydrogen) atoms. The van der Waals surface area contributed by atoms with Crippen LogP contribution in [-0.2, 0) is 20.7 Å². The molecule has 3 aromatic rings. The number of ether oxygens (including phenoxy) is 3. The summed E-state index contributed by atoms with van der Waals surface area (Å²) < 4.78 is 16.5. The summed E-state index contributed by atoms with van der Waals surface area (Å²) in [7, 11) is 3.19. The van der Waals surface area contributed by atoms with Crippen LogP contribution in [0.3, 0.4) is 0 Å². The number of fused-ring (bicyclic) bond motifs is 4. The first kappa shape index (κ1) is 22.3. The molecule has 0 saturated carbocycles. The van der Waals surface area contributed by atoms with Crippen molar-refractivity contribution in [2.45, 2.75) is 25.4 Å². The van der Waals surface area contributed by atoms with Crippen LogP contribution in [0, 0.1) is 0 Å². The molecule has 2 aliphatic heterocycles. The Hall–Kier alpha value is -3.52. The number of aromatic nitrogens is 1. The highest BCUT2D eigenvalue weighted by molar-refractivity contribution is 5.97. The second-order valence-corrected chi connectivity index (χ2v) is 8.58. The van der Waals surface area contributed by atoms with Gasteiger partial charge in [-0.05, 0) is 36.2 Å². The fourth-order valence-electron chi connectivity index (χ4n) is 5.19. The van der Waals surface area contributed by atoms with Crippen molar-refractivity contribution >= 4 is 22.7 Å². The van der Waals surface area contributed by atoms with Gasteiger partial charge in [0.15, 0.2) is 11.5 Å². The maximum absolute atomic E-state index is 13.5. The van der Waals surface area contributed by atoms with Gasteiger partial charge in [0.1, 0.15) is 6.04 Å². The van der Waals surface area contributed by atoms with Gasteiger partial charge in [0.05, 0.1) is 32.9 Å². The molecule has 1 aromatic heterocycles. The van der Waals surface area contributed by atoms with Crippen molar-refractivity contribution in [1.29, 1.82) is 0 Å². The van der Waals surface area contributed by atoms with E-state index in [1.807, 2.05) is 43.3 Å². The number of carbonyl (C=O) groups is 2. The molecule has 1 saturated heterocycles.